The topological polar surface area (TPSA) is 61.1 Å². The molecule has 0 aliphatic carbocycles. The highest BCUT2D eigenvalue weighted by molar-refractivity contribution is 5.92. The number of hydrogen-bond acceptors (Lipinski definition) is 5. The van der Waals surface area contributed by atoms with Gasteiger partial charge >= 0.3 is 0 Å². The largest absolute Gasteiger partial charge is 0.497 e. The summed E-state index contributed by atoms with van der Waals surface area (Å²) in [6, 6.07) is 9.14. The molecular formula is C19H23NO5. The summed E-state index contributed by atoms with van der Waals surface area (Å²) in [7, 11) is 4.84. The second-order valence-electron chi connectivity index (χ2n) is 5.96. The van der Waals surface area contributed by atoms with Gasteiger partial charge in [-0.05, 0) is 37.1 Å². The first-order chi connectivity index (χ1) is 12.2. The molecule has 1 aliphatic rings. The van der Waals surface area contributed by atoms with Crippen LogP contribution in [0.25, 0.3) is 0 Å². The number of carbonyl (C=O) groups excluding carboxylic acids is 1. The highest BCUT2D eigenvalue weighted by Crippen LogP contribution is 2.39. The minimum atomic E-state index is -0.109. The van der Waals surface area contributed by atoms with E-state index in [1.807, 2.05) is 23.1 Å². The van der Waals surface area contributed by atoms with Crippen molar-refractivity contribution in [1.82, 2.24) is 4.90 Å². The van der Waals surface area contributed by atoms with Gasteiger partial charge in [0.2, 0.25) is 0 Å². The lowest BCUT2D eigenvalue weighted by Gasteiger charge is -2.25. The predicted molar refractivity (Wildman–Crippen MR) is 92.0 cm³/mol. The van der Waals surface area contributed by atoms with Crippen LogP contribution in [0.2, 0.25) is 0 Å². The number of nitrogens with zero attached hydrogens (tertiary/aromatic N) is 1. The van der Waals surface area contributed by atoms with E-state index in [0.717, 1.165) is 29.9 Å². The molecule has 0 radical (unpaired) electrons. The van der Waals surface area contributed by atoms with E-state index >= 15 is 0 Å². The second-order valence-corrected chi connectivity index (χ2v) is 5.96. The minimum Gasteiger partial charge on any atom is -0.497 e. The van der Waals surface area contributed by atoms with Crippen LogP contribution in [0.1, 0.15) is 40.8 Å². The molecule has 2 heterocycles. The van der Waals surface area contributed by atoms with Gasteiger partial charge in [-0.25, -0.2) is 0 Å². The summed E-state index contributed by atoms with van der Waals surface area (Å²) in [5.41, 5.74) is 0.984. The molecule has 1 aromatic heterocycles. The fourth-order valence-corrected chi connectivity index (χ4v) is 3.28. The van der Waals surface area contributed by atoms with Gasteiger partial charge in [0.05, 0.1) is 20.3 Å². The lowest BCUT2D eigenvalue weighted by atomic mass is 10.0. The molecule has 0 spiro atoms. The number of ether oxygens (including phenoxy) is 3. The van der Waals surface area contributed by atoms with Gasteiger partial charge in [-0.15, -0.1) is 0 Å². The number of furan rings is 1. The molecule has 1 aromatic carbocycles. The van der Waals surface area contributed by atoms with E-state index in [9.17, 15) is 4.79 Å². The molecule has 6 heteroatoms. The van der Waals surface area contributed by atoms with Crippen molar-refractivity contribution < 1.29 is 23.4 Å². The fraction of sp³-hybridized carbons (Fsp3) is 0.421. The highest BCUT2D eigenvalue weighted by atomic mass is 16.5. The van der Waals surface area contributed by atoms with Gasteiger partial charge in [0.25, 0.3) is 5.91 Å². The van der Waals surface area contributed by atoms with Crippen LogP contribution < -0.4 is 9.47 Å². The van der Waals surface area contributed by atoms with Crippen molar-refractivity contribution in [2.24, 2.45) is 0 Å². The Hall–Kier alpha value is -2.47. The van der Waals surface area contributed by atoms with Gasteiger partial charge in [-0.1, -0.05) is 0 Å². The van der Waals surface area contributed by atoms with Crippen molar-refractivity contribution >= 4 is 5.91 Å². The van der Waals surface area contributed by atoms with E-state index in [-0.39, 0.29) is 11.9 Å². The van der Waals surface area contributed by atoms with Crippen LogP contribution in [0.3, 0.4) is 0 Å². The predicted octanol–water partition coefficient (Wildman–Crippen LogP) is 3.42. The molecule has 3 rings (SSSR count). The third kappa shape index (κ3) is 3.49. The van der Waals surface area contributed by atoms with Crippen molar-refractivity contribution in [3.63, 3.8) is 0 Å². The molecule has 1 atom stereocenters. The SMILES string of the molecule is COCc1ccc(C(=O)N2CCCC2c2ccc(OC)cc2OC)o1. The first-order valence-corrected chi connectivity index (χ1v) is 8.28. The standard InChI is InChI=1S/C19H23NO5/c1-22-12-14-7-9-17(25-14)19(21)20-10-4-5-16(20)15-8-6-13(23-2)11-18(15)24-3/h6-9,11,16H,4-5,10,12H2,1-3H3. The minimum absolute atomic E-state index is 0.0377. The van der Waals surface area contributed by atoms with Crippen LogP contribution in [-0.2, 0) is 11.3 Å². The molecule has 134 valence electrons. The average Bonchev–Trinajstić information content (AvgIpc) is 3.30. The molecule has 0 bridgehead atoms. The Morgan fingerprint density at radius 2 is 2.04 bits per heavy atom. The summed E-state index contributed by atoms with van der Waals surface area (Å²) in [6.07, 6.45) is 1.83. The number of benzene rings is 1. The second kappa shape index (κ2) is 7.61. The van der Waals surface area contributed by atoms with E-state index in [1.165, 1.54) is 0 Å². The molecule has 0 saturated carbocycles. The summed E-state index contributed by atoms with van der Waals surface area (Å²) in [4.78, 5) is 14.7. The van der Waals surface area contributed by atoms with Gasteiger partial charge in [0.15, 0.2) is 5.76 Å². The van der Waals surface area contributed by atoms with Crippen molar-refractivity contribution in [2.75, 3.05) is 27.9 Å². The quantitative estimate of drug-likeness (QED) is 0.803. The zero-order valence-electron chi connectivity index (χ0n) is 14.8. The van der Waals surface area contributed by atoms with Crippen LogP contribution in [0, 0.1) is 0 Å². The van der Waals surface area contributed by atoms with Crippen LogP contribution in [0.4, 0.5) is 0 Å². The smallest absolute Gasteiger partial charge is 0.290 e. The van der Waals surface area contributed by atoms with Crippen LogP contribution in [0.5, 0.6) is 11.5 Å². The molecule has 1 fully saturated rings. The summed E-state index contributed by atoms with van der Waals surface area (Å²) in [5.74, 6) is 2.33. The van der Waals surface area contributed by atoms with Crippen molar-refractivity contribution in [3.05, 3.63) is 47.4 Å². The molecule has 2 aromatic rings. The van der Waals surface area contributed by atoms with Gasteiger partial charge in [0, 0.05) is 25.3 Å². The maximum absolute atomic E-state index is 12.9. The lowest BCUT2D eigenvalue weighted by molar-refractivity contribution is 0.0694. The zero-order chi connectivity index (χ0) is 17.8. The fourth-order valence-electron chi connectivity index (χ4n) is 3.28. The Bertz CT molecular complexity index is 739. The van der Waals surface area contributed by atoms with Gasteiger partial charge in [0.1, 0.15) is 23.9 Å². The summed E-state index contributed by atoms with van der Waals surface area (Å²) >= 11 is 0. The Labute approximate surface area is 147 Å². The summed E-state index contributed by atoms with van der Waals surface area (Å²) in [5, 5.41) is 0. The molecular weight excluding hydrogens is 322 g/mol. The van der Waals surface area contributed by atoms with E-state index in [2.05, 4.69) is 0 Å². The van der Waals surface area contributed by atoms with E-state index < -0.39 is 0 Å². The molecule has 1 unspecified atom stereocenters. The number of amides is 1. The monoisotopic (exact) mass is 345 g/mol. The average molecular weight is 345 g/mol. The zero-order valence-corrected chi connectivity index (χ0v) is 14.8. The van der Waals surface area contributed by atoms with Gasteiger partial charge in [-0.2, -0.15) is 0 Å². The lowest BCUT2D eigenvalue weighted by Crippen LogP contribution is -2.30. The maximum Gasteiger partial charge on any atom is 0.290 e. The molecule has 1 aliphatic heterocycles. The van der Waals surface area contributed by atoms with Crippen molar-refractivity contribution in [1.29, 1.82) is 0 Å². The number of methoxy groups -OCH3 is 3. The van der Waals surface area contributed by atoms with Gasteiger partial charge in [-0.3, -0.25) is 4.79 Å². The Morgan fingerprint density at radius 1 is 1.20 bits per heavy atom. The van der Waals surface area contributed by atoms with Crippen molar-refractivity contribution in [3.8, 4) is 11.5 Å². The van der Waals surface area contributed by atoms with E-state index in [1.54, 1.807) is 33.5 Å². The van der Waals surface area contributed by atoms with Crippen LogP contribution >= 0.6 is 0 Å². The van der Waals surface area contributed by atoms with Crippen LogP contribution in [-0.4, -0.2) is 38.7 Å². The Balaban J connectivity index is 1.86. The summed E-state index contributed by atoms with van der Waals surface area (Å²) < 4.78 is 21.4. The molecule has 1 amide bonds. The Kier molecular flexibility index (Phi) is 5.28. The molecule has 0 N–H and O–H groups in total. The molecule has 6 nitrogen and oxygen atoms in total. The summed E-state index contributed by atoms with van der Waals surface area (Å²) in [6.45, 7) is 1.04. The first-order valence-electron chi connectivity index (χ1n) is 8.28. The van der Waals surface area contributed by atoms with Crippen LogP contribution in [0.15, 0.2) is 34.7 Å². The third-order valence-electron chi connectivity index (χ3n) is 4.47. The molecule has 25 heavy (non-hydrogen) atoms. The van der Waals surface area contributed by atoms with Gasteiger partial charge < -0.3 is 23.5 Å². The normalized spacial score (nSPS) is 16.9. The molecule has 1 saturated heterocycles. The van der Waals surface area contributed by atoms with E-state index in [4.69, 9.17) is 18.6 Å². The number of likely N-dealkylation sites (tertiary alicyclic amines) is 1. The first kappa shape index (κ1) is 17.4. The number of rotatable bonds is 6. The number of carbonyl (C=O) groups is 1. The van der Waals surface area contributed by atoms with Crippen molar-refractivity contribution in [2.45, 2.75) is 25.5 Å². The third-order valence-corrected chi connectivity index (χ3v) is 4.47. The maximum atomic E-state index is 12.9. The Morgan fingerprint density at radius 3 is 2.76 bits per heavy atom. The number of hydrogen-bond donors (Lipinski definition) is 0. The highest BCUT2D eigenvalue weighted by Gasteiger charge is 2.33. The van der Waals surface area contributed by atoms with E-state index in [0.29, 0.717) is 24.7 Å².